The van der Waals surface area contributed by atoms with Crippen LogP contribution in [0.25, 0.3) is 0 Å². The molecule has 0 aliphatic rings. The van der Waals surface area contributed by atoms with Gasteiger partial charge in [0.25, 0.3) is 0 Å². The average molecular weight is 365 g/mol. The lowest BCUT2D eigenvalue weighted by Gasteiger charge is -2.17. The van der Waals surface area contributed by atoms with Crippen LogP contribution >= 0.6 is 50.5 Å². The summed E-state index contributed by atoms with van der Waals surface area (Å²) < 4.78 is 1.13. The third-order valence-corrected chi connectivity index (χ3v) is 4.99. The first kappa shape index (κ1) is 14.4. The predicted molar refractivity (Wildman–Crippen MR) is 84.0 cm³/mol. The highest BCUT2D eigenvalue weighted by molar-refractivity contribution is 9.11. The van der Waals surface area contributed by atoms with E-state index in [9.17, 15) is 0 Å². The lowest BCUT2D eigenvalue weighted by atomic mass is 10.1. The molecule has 18 heavy (non-hydrogen) atoms. The molecule has 0 saturated carbocycles. The van der Waals surface area contributed by atoms with Crippen LogP contribution in [0.1, 0.15) is 23.4 Å². The molecule has 0 amide bonds. The molecule has 0 saturated heterocycles. The van der Waals surface area contributed by atoms with Crippen molar-refractivity contribution >= 4 is 50.5 Å². The highest BCUT2D eigenvalue weighted by Crippen LogP contribution is 2.33. The molecule has 0 aliphatic heterocycles. The van der Waals surface area contributed by atoms with Crippen LogP contribution in [0.4, 0.5) is 0 Å². The van der Waals surface area contributed by atoms with E-state index in [4.69, 9.17) is 23.2 Å². The Morgan fingerprint density at radius 1 is 1.22 bits per heavy atom. The van der Waals surface area contributed by atoms with Gasteiger partial charge in [-0.1, -0.05) is 36.2 Å². The second-order valence-electron chi connectivity index (χ2n) is 3.81. The molecular weight excluding hydrogens is 353 g/mol. The van der Waals surface area contributed by atoms with Crippen molar-refractivity contribution in [2.45, 2.75) is 13.0 Å². The standard InChI is InChI=1S/C13H12BrCl2NS/c1-2-17-13(11-5-6-12(14)18-11)8-3-4-9(15)10(16)7-8/h3-7,13,17H,2H2,1H3. The Morgan fingerprint density at radius 3 is 2.56 bits per heavy atom. The van der Waals surface area contributed by atoms with Gasteiger partial charge in [0, 0.05) is 4.88 Å². The second kappa shape index (κ2) is 6.40. The minimum Gasteiger partial charge on any atom is -0.306 e. The molecule has 1 aromatic carbocycles. The summed E-state index contributed by atoms with van der Waals surface area (Å²) in [7, 11) is 0. The normalized spacial score (nSPS) is 12.7. The number of hydrogen-bond acceptors (Lipinski definition) is 2. The maximum Gasteiger partial charge on any atom is 0.0702 e. The van der Waals surface area contributed by atoms with Crippen molar-refractivity contribution in [2.75, 3.05) is 6.54 Å². The van der Waals surface area contributed by atoms with Crippen molar-refractivity contribution in [1.82, 2.24) is 5.32 Å². The van der Waals surface area contributed by atoms with E-state index >= 15 is 0 Å². The van der Waals surface area contributed by atoms with Crippen LogP contribution < -0.4 is 5.32 Å². The molecule has 1 atom stereocenters. The van der Waals surface area contributed by atoms with Crippen LogP contribution in [0, 0.1) is 0 Å². The van der Waals surface area contributed by atoms with E-state index in [2.05, 4.69) is 40.3 Å². The Morgan fingerprint density at radius 2 is 2.00 bits per heavy atom. The van der Waals surface area contributed by atoms with E-state index < -0.39 is 0 Å². The van der Waals surface area contributed by atoms with E-state index in [0.29, 0.717) is 10.0 Å². The van der Waals surface area contributed by atoms with Crippen molar-refractivity contribution in [2.24, 2.45) is 0 Å². The van der Waals surface area contributed by atoms with Gasteiger partial charge in [-0.2, -0.15) is 0 Å². The Labute approximate surface area is 129 Å². The van der Waals surface area contributed by atoms with Crippen LogP contribution in [0.2, 0.25) is 10.0 Å². The van der Waals surface area contributed by atoms with Crippen molar-refractivity contribution in [1.29, 1.82) is 0 Å². The van der Waals surface area contributed by atoms with Gasteiger partial charge in [-0.25, -0.2) is 0 Å². The van der Waals surface area contributed by atoms with Gasteiger partial charge in [0.05, 0.1) is 19.9 Å². The van der Waals surface area contributed by atoms with Gasteiger partial charge in [0.15, 0.2) is 0 Å². The molecular formula is C13H12BrCl2NS. The first-order valence-electron chi connectivity index (χ1n) is 5.55. The van der Waals surface area contributed by atoms with Crippen molar-refractivity contribution < 1.29 is 0 Å². The van der Waals surface area contributed by atoms with E-state index in [-0.39, 0.29) is 6.04 Å². The van der Waals surface area contributed by atoms with E-state index in [1.807, 2.05) is 18.2 Å². The van der Waals surface area contributed by atoms with Crippen molar-refractivity contribution in [3.05, 3.63) is 54.6 Å². The van der Waals surface area contributed by atoms with Gasteiger partial charge in [-0.15, -0.1) is 11.3 Å². The molecule has 1 unspecified atom stereocenters. The molecule has 1 N–H and O–H groups in total. The van der Waals surface area contributed by atoms with Crippen LogP contribution in [-0.2, 0) is 0 Å². The average Bonchev–Trinajstić information content (AvgIpc) is 2.76. The molecule has 1 aromatic heterocycles. The van der Waals surface area contributed by atoms with Crippen molar-refractivity contribution in [3.8, 4) is 0 Å². The number of halogens is 3. The third kappa shape index (κ3) is 3.28. The molecule has 5 heteroatoms. The van der Waals surface area contributed by atoms with Gasteiger partial charge in [-0.3, -0.25) is 0 Å². The van der Waals surface area contributed by atoms with Gasteiger partial charge in [0.1, 0.15) is 0 Å². The fourth-order valence-corrected chi connectivity index (χ4v) is 3.60. The van der Waals surface area contributed by atoms with Crippen LogP contribution in [-0.4, -0.2) is 6.54 Å². The highest BCUT2D eigenvalue weighted by atomic mass is 79.9. The molecule has 0 spiro atoms. The van der Waals surface area contributed by atoms with E-state index in [0.717, 1.165) is 15.9 Å². The van der Waals surface area contributed by atoms with Gasteiger partial charge < -0.3 is 5.32 Å². The van der Waals surface area contributed by atoms with Crippen LogP contribution in [0.3, 0.4) is 0 Å². The first-order chi connectivity index (χ1) is 8.61. The monoisotopic (exact) mass is 363 g/mol. The number of thiophene rings is 1. The third-order valence-electron chi connectivity index (χ3n) is 2.56. The zero-order valence-electron chi connectivity index (χ0n) is 9.71. The number of hydrogen-bond donors (Lipinski definition) is 1. The zero-order valence-corrected chi connectivity index (χ0v) is 13.6. The number of nitrogens with one attached hydrogen (secondary N) is 1. The lowest BCUT2D eigenvalue weighted by molar-refractivity contribution is 0.640. The van der Waals surface area contributed by atoms with Crippen molar-refractivity contribution in [3.63, 3.8) is 0 Å². The Balaban J connectivity index is 2.37. The van der Waals surface area contributed by atoms with Gasteiger partial charge in [0.2, 0.25) is 0 Å². The van der Waals surface area contributed by atoms with Gasteiger partial charge in [-0.05, 0) is 52.3 Å². The largest absolute Gasteiger partial charge is 0.306 e. The SMILES string of the molecule is CCNC(c1ccc(Cl)c(Cl)c1)c1ccc(Br)s1. The molecule has 1 nitrogen and oxygen atoms in total. The lowest BCUT2D eigenvalue weighted by Crippen LogP contribution is -2.21. The summed E-state index contributed by atoms with van der Waals surface area (Å²) in [5.74, 6) is 0. The van der Waals surface area contributed by atoms with Crippen LogP contribution in [0.15, 0.2) is 34.1 Å². The zero-order chi connectivity index (χ0) is 13.1. The predicted octanol–water partition coefficient (Wildman–Crippen LogP) is 5.52. The molecule has 96 valence electrons. The summed E-state index contributed by atoms with van der Waals surface area (Å²) in [6.07, 6.45) is 0. The highest BCUT2D eigenvalue weighted by Gasteiger charge is 2.16. The molecule has 0 bridgehead atoms. The minimum absolute atomic E-state index is 0.154. The maximum absolute atomic E-state index is 6.09. The fourth-order valence-electron chi connectivity index (χ4n) is 1.76. The minimum atomic E-state index is 0.154. The summed E-state index contributed by atoms with van der Waals surface area (Å²) in [6, 6.07) is 10.1. The molecule has 1 heterocycles. The summed E-state index contributed by atoms with van der Waals surface area (Å²) in [5.41, 5.74) is 1.13. The molecule has 0 aliphatic carbocycles. The van der Waals surface area contributed by atoms with E-state index in [1.165, 1.54) is 4.88 Å². The summed E-state index contributed by atoms with van der Waals surface area (Å²) in [6.45, 7) is 2.98. The first-order valence-corrected chi connectivity index (χ1v) is 7.92. The molecule has 0 radical (unpaired) electrons. The Kier molecular flexibility index (Phi) is 5.10. The maximum atomic E-state index is 6.09. The topological polar surface area (TPSA) is 12.0 Å². The number of benzene rings is 1. The number of rotatable bonds is 4. The Bertz CT molecular complexity index is 542. The Hall–Kier alpha value is -0.0600. The summed E-state index contributed by atoms with van der Waals surface area (Å²) >= 11 is 17.3. The molecule has 2 aromatic rings. The smallest absolute Gasteiger partial charge is 0.0702 e. The van der Waals surface area contributed by atoms with Crippen LogP contribution in [0.5, 0.6) is 0 Å². The molecule has 0 fully saturated rings. The van der Waals surface area contributed by atoms with E-state index in [1.54, 1.807) is 11.3 Å². The quantitative estimate of drug-likeness (QED) is 0.753. The summed E-state index contributed by atoms with van der Waals surface area (Å²) in [5, 5.41) is 4.64. The fraction of sp³-hybridized carbons (Fsp3) is 0.231. The van der Waals surface area contributed by atoms with Gasteiger partial charge >= 0.3 is 0 Å². The summed E-state index contributed by atoms with van der Waals surface area (Å²) in [4.78, 5) is 1.25. The second-order valence-corrected chi connectivity index (χ2v) is 7.12. The molecule has 2 rings (SSSR count).